The first kappa shape index (κ1) is 12.0. The van der Waals surface area contributed by atoms with Gasteiger partial charge < -0.3 is 9.72 Å². The fraction of sp³-hybridized carbons (Fsp3) is 0.154. The summed E-state index contributed by atoms with van der Waals surface area (Å²) in [5, 5.41) is 0. The maximum absolute atomic E-state index is 11.9. The molecule has 0 saturated heterocycles. The van der Waals surface area contributed by atoms with Crippen LogP contribution in [0.15, 0.2) is 36.7 Å². The quantitative estimate of drug-likeness (QED) is 0.506. The Hall–Kier alpha value is -2.43. The summed E-state index contributed by atoms with van der Waals surface area (Å²) in [6, 6.07) is 6.78. The van der Waals surface area contributed by atoms with Crippen LogP contribution >= 0.6 is 0 Å². The molecule has 0 aliphatic rings. The van der Waals surface area contributed by atoms with Crippen LogP contribution < -0.4 is 0 Å². The molecule has 1 aromatic carbocycles. The number of H-pyrrole nitrogens is 1. The molecule has 0 aliphatic carbocycles. The van der Waals surface area contributed by atoms with Crippen LogP contribution in [0.3, 0.4) is 0 Å². The largest absolute Gasteiger partial charge is 0.460 e. The van der Waals surface area contributed by atoms with Gasteiger partial charge in [-0.05, 0) is 6.92 Å². The van der Waals surface area contributed by atoms with E-state index < -0.39 is 11.8 Å². The summed E-state index contributed by atoms with van der Waals surface area (Å²) < 4.78 is 4.71. The zero-order valence-electron chi connectivity index (χ0n) is 9.84. The zero-order valence-corrected chi connectivity index (χ0v) is 9.84. The number of ether oxygens (including phenoxy) is 1. The van der Waals surface area contributed by atoms with Crippen LogP contribution in [-0.4, -0.2) is 28.3 Å². The Balaban J connectivity index is 2.40. The average molecular weight is 244 g/mol. The molecule has 1 heterocycles. The van der Waals surface area contributed by atoms with E-state index in [2.05, 4.69) is 9.97 Å². The highest BCUT2D eigenvalue weighted by atomic mass is 16.5. The van der Waals surface area contributed by atoms with E-state index in [1.807, 2.05) is 0 Å². The lowest BCUT2D eigenvalue weighted by Gasteiger charge is -2.05. The summed E-state index contributed by atoms with van der Waals surface area (Å²) in [5.74, 6) is -0.969. The van der Waals surface area contributed by atoms with Gasteiger partial charge in [0, 0.05) is 23.5 Å². The SMILES string of the molecule is CCOC(=O)C(=O)c1ccccc1-c1ncc[nH]1. The Kier molecular flexibility index (Phi) is 3.52. The molecule has 18 heavy (non-hydrogen) atoms. The number of esters is 1. The number of imidazole rings is 1. The topological polar surface area (TPSA) is 72.1 Å². The van der Waals surface area contributed by atoms with Crippen molar-refractivity contribution < 1.29 is 14.3 Å². The van der Waals surface area contributed by atoms with Gasteiger partial charge in [0.05, 0.1) is 6.61 Å². The Bertz CT molecular complexity index is 561. The molecule has 0 radical (unpaired) electrons. The van der Waals surface area contributed by atoms with Crippen LogP contribution in [0.4, 0.5) is 0 Å². The molecule has 0 fully saturated rings. The molecule has 1 N–H and O–H groups in total. The Morgan fingerprint density at radius 3 is 2.78 bits per heavy atom. The summed E-state index contributed by atoms with van der Waals surface area (Å²) in [6.07, 6.45) is 3.24. The number of nitrogens with one attached hydrogen (secondary N) is 1. The van der Waals surface area contributed by atoms with Crippen molar-refractivity contribution >= 4 is 11.8 Å². The maximum Gasteiger partial charge on any atom is 0.379 e. The number of carbonyl (C=O) groups excluding carboxylic acids is 2. The van der Waals surface area contributed by atoms with Gasteiger partial charge in [-0.3, -0.25) is 4.79 Å². The molecule has 5 heteroatoms. The predicted octanol–water partition coefficient (Wildman–Crippen LogP) is 1.82. The van der Waals surface area contributed by atoms with Crippen molar-refractivity contribution in [1.82, 2.24) is 9.97 Å². The number of benzene rings is 1. The van der Waals surface area contributed by atoms with Crippen LogP contribution in [0.5, 0.6) is 0 Å². The van der Waals surface area contributed by atoms with Gasteiger partial charge in [0.25, 0.3) is 5.78 Å². The van der Waals surface area contributed by atoms with Crippen molar-refractivity contribution in [3.05, 3.63) is 42.2 Å². The highest BCUT2D eigenvalue weighted by Gasteiger charge is 2.21. The third-order valence-corrected chi connectivity index (χ3v) is 2.39. The number of aromatic nitrogens is 2. The first-order chi connectivity index (χ1) is 8.74. The van der Waals surface area contributed by atoms with E-state index in [0.29, 0.717) is 11.4 Å². The van der Waals surface area contributed by atoms with Crippen molar-refractivity contribution in [2.24, 2.45) is 0 Å². The minimum absolute atomic E-state index is 0.174. The standard InChI is InChI=1S/C13H12N2O3/c1-2-18-13(17)11(16)9-5-3-4-6-10(9)12-14-7-8-15-12/h3-8H,2H2,1H3,(H,14,15). The molecular formula is C13H12N2O3. The summed E-state index contributed by atoms with van der Waals surface area (Å²) in [5.41, 5.74) is 0.867. The number of hydrogen-bond donors (Lipinski definition) is 1. The Morgan fingerprint density at radius 1 is 1.33 bits per heavy atom. The molecule has 92 valence electrons. The van der Waals surface area contributed by atoms with Crippen LogP contribution in [0.25, 0.3) is 11.4 Å². The van der Waals surface area contributed by atoms with E-state index >= 15 is 0 Å². The molecule has 0 atom stereocenters. The summed E-state index contributed by atoms with van der Waals surface area (Å²) in [7, 11) is 0. The number of carbonyl (C=O) groups is 2. The van der Waals surface area contributed by atoms with Gasteiger partial charge in [0.1, 0.15) is 5.82 Å². The molecule has 0 unspecified atom stereocenters. The monoisotopic (exact) mass is 244 g/mol. The fourth-order valence-electron chi connectivity index (χ4n) is 1.61. The van der Waals surface area contributed by atoms with Crippen LogP contribution in [0.1, 0.15) is 17.3 Å². The van der Waals surface area contributed by atoms with E-state index in [0.717, 1.165) is 0 Å². The summed E-state index contributed by atoms with van der Waals surface area (Å²) in [4.78, 5) is 30.4. The van der Waals surface area contributed by atoms with Gasteiger partial charge in [-0.25, -0.2) is 9.78 Å². The van der Waals surface area contributed by atoms with Gasteiger partial charge in [0.2, 0.25) is 0 Å². The average Bonchev–Trinajstić information content (AvgIpc) is 2.92. The molecule has 2 rings (SSSR count). The molecule has 1 aromatic heterocycles. The van der Waals surface area contributed by atoms with Crippen molar-refractivity contribution in [1.29, 1.82) is 0 Å². The van der Waals surface area contributed by atoms with Crippen LogP contribution in [-0.2, 0) is 9.53 Å². The van der Waals surface area contributed by atoms with Crippen molar-refractivity contribution in [2.75, 3.05) is 6.61 Å². The van der Waals surface area contributed by atoms with Crippen LogP contribution in [0, 0.1) is 0 Å². The van der Waals surface area contributed by atoms with Crippen LogP contribution in [0.2, 0.25) is 0 Å². The highest BCUT2D eigenvalue weighted by Crippen LogP contribution is 2.20. The number of aromatic amines is 1. The third-order valence-electron chi connectivity index (χ3n) is 2.39. The normalized spacial score (nSPS) is 10.1. The van der Waals surface area contributed by atoms with E-state index in [-0.39, 0.29) is 12.2 Å². The lowest BCUT2D eigenvalue weighted by molar-refractivity contribution is -0.137. The molecule has 2 aromatic rings. The van der Waals surface area contributed by atoms with Crippen molar-refractivity contribution in [3.63, 3.8) is 0 Å². The molecule has 0 amide bonds. The van der Waals surface area contributed by atoms with E-state index in [1.54, 1.807) is 43.6 Å². The van der Waals surface area contributed by atoms with Crippen molar-refractivity contribution in [3.8, 4) is 11.4 Å². The minimum Gasteiger partial charge on any atom is -0.460 e. The van der Waals surface area contributed by atoms with Gasteiger partial charge in [0.15, 0.2) is 0 Å². The number of ketones is 1. The molecule has 0 bridgehead atoms. The predicted molar refractivity (Wildman–Crippen MR) is 65.0 cm³/mol. The molecule has 0 spiro atoms. The van der Waals surface area contributed by atoms with Crippen molar-refractivity contribution in [2.45, 2.75) is 6.92 Å². The Labute approximate surface area is 104 Å². The molecular weight excluding hydrogens is 232 g/mol. The van der Waals surface area contributed by atoms with E-state index in [1.165, 1.54) is 0 Å². The Morgan fingerprint density at radius 2 is 2.11 bits per heavy atom. The molecule has 5 nitrogen and oxygen atoms in total. The first-order valence-electron chi connectivity index (χ1n) is 5.54. The molecule has 0 saturated carbocycles. The van der Waals surface area contributed by atoms with Gasteiger partial charge in [-0.2, -0.15) is 0 Å². The smallest absolute Gasteiger partial charge is 0.379 e. The maximum atomic E-state index is 11.9. The minimum atomic E-state index is -0.850. The van der Waals surface area contributed by atoms with Gasteiger partial charge in [-0.1, -0.05) is 24.3 Å². The number of hydrogen-bond acceptors (Lipinski definition) is 4. The zero-order chi connectivity index (χ0) is 13.0. The van der Waals surface area contributed by atoms with E-state index in [9.17, 15) is 9.59 Å². The lowest BCUT2D eigenvalue weighted by atomic mass is 10.0. The fourth-order valence-corrected chi connectivity index (χ4v) is 1.61. The second-order valence-electron chi connectivity index (χ2n) is 3.53. The number of nitrogens with zero attached hydrogens (tertiary/aromatic N) is 1. The lowest BCUT2D eigenvalue weighted by Crippen LogP contribution is -2.18. The number of rotatable bonds is 4. The van der Waals surface area contributed by atoms with Gasteiger partial charge in [-0.15, -0.1) is 0 Å². The second-order valence-corrected chi connectivity index (χ2v) is 3.53. The summed E-state index contributed by atoms with van der Waals surface area (Å²) >= 11 is 0. The second kappa shape index (κ2) is 5.27. The summed E-state index contributed by atoms with van der Waals surface area (Å²) in [6.45, 7) is 1.83. The number of Topliss-reactive ketones (excluding diaryl/α,β-unsaturated/α-hetero) is 1. The highest BCUT2D eigenvalue weighted by molar-refractivity contribution is 6.41. The van der Waals surface area contributed by atoms with Gasteiger partial charge >= 0.3 is 5.97 Å². The first-order valence-corrected chi connectivity index (χ1v) is 5.54. The third kappa shape index (κ3) is 2.29. The molecule has 0 aliphatic heterocycles. The van der Waals surface area contributed by atoms with E-state index in [4.69, 9.17) is 4.74 Å².